The molecule has 0 aromatic heterocycles. The monoisotopic (exact) mass is 232 g/mol. The van der Waals surface area contributed by atoms with Crippen molar-refractivity contribution in [1.29, 1.82) is 0 Å². The number of primary amides is 1. The average molecular weight is 232 g/mol. The number of aliphatic hydroxyl groups excluding tert-OH is 1. The largest absolute Gasteiger partial charge is 0.507 e. The predicted molar refractivity (Wildman–Crippen MR) is 64.7 cm³/mol. The second-order valence-corrected chi connectivity index (χ2v) is 3.28. The third kappa shape index (κ3) is 3.57. The predicted octanol–water partition coefficient (Wildman–Crippen LogP) is 1.69. The molecule has 0 bridgehead atoms. The summed E-state index contributed by atoms with van der Waals surface area (Å²) >= 11 is 0. The number of allylic oxidation sites excluding steroid dienone is 1. The fourth-order valence-electron chi connectivity index (χ4n) is 1.20. The lowest BCUT2D eigenvalue weighted by atomic mass is 10.1. The maximum atomic E-state index is 11.3. The van der Waals surface area contributed by atoms with Gasteiger partial charge in [0.05, 0.1) is 5.57 Å². The first kappa shape index (κ1) is 12.6. The van der Waals surface area contributed by atoms with Gasteiger partial charge in [0.2, 0.25) is 0 Å². The first-order valence-corrected chi connectivity index (χ1v) is 4.85. The minimum atomic E-state index is -0.926. The van der Waals surface area contributed by atoms with E-state index in [1.165, 1.54) is 6.92 Å². The highest BCUT2D eigenvalue weighted by Crippen LogP contribution is 2.15. The molecule has 3 N–H and O–H groups in total. The van der Waals surface area contributed by atoms with E-state index in [1.54, 1.807) is 30.3 Å². The standard InChI is InChI=1S/C12H12N2O3/c1-8(15)10(7-14-12(13)17)11(16)9-5-3-2-4-6-9/h2-7,16H,1H3,(H2,13,17)/b11-10-,14-7+. The molecule has 0 fully saturated rings. The van der Waals surface area contributed by atoms with Crippen molar-refractivity contribution in [2.75, 3.05) is 0 Å². The number of carbonyl (C=O) groups excluding carboxylic acids is 2. The molecule has 0 aliphatic heterocycles. The third-order valence-corrected chi connectivity index (χ3v) is 2.00. The number of amides is 2. The zero-order valence-corrected chi connectivity index (χ0v) is 9.25. The van der Waals surface area contributed by atoms with Gasteiger partial charge in [0.25, 0.3) is 0 Å². The Kier molecular flexibility index (Phi) is 4.16. The summed E-state index contributed by atoms with van der Waals surface area (Å²) in [5.41, 5.74) is 5.23. The van der Waals surface area contributed by atoms with Crippen molar-refractivity contribution in [1.82, 2.24) is 0 Å². The summed E-state index contributed by atoms with van der Waals surface area (Å²) in [7, 11) is 0. The Morgan fingerprint density at radius 3 is 2.35 bits per heavy atom. The molecular weight excluding hydrogens is 220 g/mol. The number of aliphatic hydroxyl groups is 1. The van der Waals surface area contributed by atoms with Gasteiger partial charge in [0, 0.05) is 11.8 Å². The van der Waals surface area contributed by atoms with Gasteiger partial charge in [-0.3, -0.25) is 4.79 Å². The lowest BCUT2D eigenvalue weighted by Gasteiger charge is -2.03. The first-order valence-electron chi connectivity index (χ1n) is 4.85. The number of nitrogens with zero attached hydrogens (tertiary/aromatic N) is 1. The summed E-state index contributed by atoms with van der Waals surface area (Å²) in [6.07, 6.45) is 0.965. The van der Waals surface area contributed by atoms with E-state index in [0.29, 0.717) is 5.56 Å². The van der Waals surface area contributed by atoms with Crippen LogP contribution in [-0.4, -0.2) is 23.1 Å². The molecule has 2 amide bonds. The van der Waals surface area contributed by atoms with Gasteiger partial charge >= 0.3 is 6.03 Å². The number of ketones is 1. The summed E-state index contributed by atoms with van der Waals surface area (Å²) in [5, 5.41) is 9.88. The molecule has 88 valence electrons. The molecule has 0 unspecified atom stereocenters. The topological polar surface area (TPSA) is 92.8 Å². The molecule has 0 spiro atoms. The number of benzene rings is 1. The molecule has 0 atom stereocenters. The maximum Gasteiger partial charge on any atom is 0.338 e. The number of hydrogen-bond acceptors (Lipinski definition) is 3. The van der Waals surface area contributed by atoms with Gasteiger partial charge in [0.1, 0.15) is 5.76 Å². The Morgan fingerprint density at radius 2 is 1.88 bits per heavy atom. The summed E-state index contributed by atoms with van der Waals surface area (Å²) < 4.78 is 0. The van der Waals surface area contributed by atoms with E-state index in [4.69, 9.17) is 5.73 Å². The van der Waals surface area contributed by atoms with E-state index >= 15 is 0 Å². The van der Waals surface area contributed by atoms with Crippen LogP contribution < -0.4 is 5.73 Å². The lowest BCUT2D eigenvalue weighted by molar-refractivity contribution is -0.113. The van der Waals surface area contributed by atoms with E-state index < -0.39 is 11.8 Å². The van der Waals surface area contributed by atoms with Gasteiger partial charge in [-0.2, -0.15) is 0 Å². The number of aliphatic imine (C=N–C) groups is 1. The second-order valence-electron chi connectivity index (χ2n) is 3.28. The summed E-state index contributed by atoms with van der Waals surface area (Å²) in [5.74, 6) is -0.639. The third-order valence-electron chi connectivity index (χ3n) is 2.00. The van der Waals surface area contributed by atoms with Gasteiger partial charge in [0.15, 0.2) is 5.78 Å². The summed E-state index contributed by atoms with van der Waals surface area (Å²) in [4.78, 5) is 25.1. The zero-order valence-electron chi connectivity index (χ0n) is 9.25. The van der Waals surface area contributed by atoms with Gasteiger partial charge in [-0.05, 0) is 6.92 Å². The van der Waals surface area contributed by atoms with Crippen molar-refractivity contribution in [3.63, 3.8) is 0 Å². The van der Waals surface area contributed by atoms with E-state index in [9.17, 15) is 14.7 Å². The molecule has 0 heterocycles. The van der Waals surface area contributed by atoms with E-state index in [0.717, 1.165) is 6.21 Å². The summed E-state index contributed by atoms with van der Waals surface area (Å²) in [6, 6.07) is 7.56. The molecule has 0 aliphatic rings. The minimum absolute atomic E-state index is 0.0602. The number of urea groups is 1. The van der Waals surface area contributed by atoms with Gasteiger partial charge in [-0.15, -0.1) is 0 Å². The first-order chi connectivity index (χ1) is 8.02. The van der Waals surface area contributed by atoms with E-state index in [2.05, 4.69) is 4.99 Å². The highest BCUT2D eigenvalue weighted by Gasteiger charge is 2.10. The molecule has 5 nitrogen and oxygen atoms in total. The van der Waals surface area contributed by atoms with Crippen LogP contribution >= 0.6 is 0 Å². The molecule has 5 heteroatoms. The van der Waals surface area contributed by atoms with E-state index in [1.807, 2.05) is 0 Å². The molecule has 0 aliphatic carbocycles. The lowest BCUT2D eigenvalue weighted by Crippen LogP contribution is -2.08. The van der Waals surface area contributed by atoms with Crippen LogP contribution in [0, 0.1) is 0 Å². The molecular formula is C12H12N2O3. The van der Waals surface area contributed by atoms with Crippen molar-refractivity contribution >= 4 is 23.8 Å². The Hall–Kier alpha value is -2.43. The van der Waals surface area contributed by atoms with Crippen molar-refractivity contribution in [3.05, 3.63) is 41.5 Å². The fourth-order valence-corrected chi connectivity index (χ4v) is 1.20. The SMILES string of the molecule is CC(=O)C(/C=N/C(N)=O)=C(\O)c1ccccc1. The van der Waals surface area contributed by atoms with Crippen LogP contribution in [0.25, 0.3) is 5.76 Å². The van der Waals surface area contributed by atoms with Crippen molar-refractivity contribution in [2.24, 2.45) is 10.7 Å². The van der Waals surface area contributed by atoms with Crippen LogP contribution in [0.3, 0.4) is 0 Å². The molecule has 1 aromatic carbocycles. The van der Waals surface area contributed by atoms with Crippen LogP contribution in [0.1, 0.15) is 12.5 Å². The van der Waals surface area contributed by atoms with Crippen molar-refractivity contribution < 1.29 is 14.7 Å². The Labute approximate surface area is 98.3 Å². The number of rotatable bonds is 3. The average Bonchev–Trinajstić information content (AvgIpc) is 2.29. The van der Waals surface area contributed by atoms with Crippen LogP contribution in [0.2, 0.25) is 0 Å². The van der Waals surface area contributed by atoms with Crippen LogP contribution in [0.4, 0.5) is 4.79 Å². The number of hydrogen-bond donors (Lipinski definition) is 2. The highest BCUT2D eigenvalue weighted by molar-refractivity contribution is 6.18. The van der Waals surface area contributed by atoms with Gasteiger partial charge in [-0.25, -0.2) is 9.79 Å². The number of nitrogens with two attached hydrogens (primary N) is 1. The summed E-state index contributed by atoms with van der Waals surface area (Å²) in [6.45, 7) is 1.27. The van der Waals surface area contributed by atoms with Crippen LogP contribution in [-0.2, 0) is 4.79 Å². The fraction of sp³-hybridized carbons (Fsp3) is 0.0833. The molecule has 17 heavy (non-hydrogen) atoms. The Bertz CT molecular complexity index is 490. The quantitative estimate of drug-likeness (QED) is 0.472. The van der Waals surface area contributed by atoms with Crippen molar-refractivity contribution in [2.45, 2.75) is 6.92 Å². The van der Waals surface area contributed by atoms with Crippen LogP contribution in [0.5, 0.6) is 0 Å². The molecule has 0 radical (unpaired) electrons. The zero-order chi connectivity index (χ0) is 12.8. The second kappa shape index (κ2) is 5.60. The Morgan fingerprint density at radius 1 is 1.29 bits per heavy atom. The molecule has 1 rings (SSSR count). The van der Waals surface area contributed by atoms with Gasteiger partial charge < -0.3 is 10.8 Å². The smallest absolute Gasteiger partial charge is 0.338 e. The minimum Gasteiger partial charge on any atom is -0.507 e. The highest BCUT2D eigenvalue weighted by atomic mass is 16.3. The van der Waals surface area contributed by atoms with Gasteiger partial charge in [-0.1, -0.05) is 30.3 Å². The number of Topliss-reactive ketones (excluding diaryl/α,β-unsaturated/α-hetero) is 1. The van der Waals surface area contributed by atoms with E-state index in [-0.39, 0.29) is 11.3 Å². The van der Waals surface area contributed by atoms with Crippen molar-refractivity contribution in [3.8, 4) is 0 Å². The number of carbonyl (C=O) groups is 2. The van der Waals surface area contributed by atoms with Crippen LogP contribution in [0.15, 0.2) is 40.9 Å². The molecule has 0 saturated heterocycles. The molecule has 0 saturated carbocycles. The normalized spacial score (nSPS) is 12.3. The maximum absolute atomic E-state index is 11.3. The Balaban J connectivity index is 3.21. The molecule has 1 aromatic rings.